The minimum atomic E-state index is -0.0651. The Hall–Kier alpha value is -3.15. The molecular weight excluding hydrogens is 352 g/mol. The number of benzene rings is 2. The molecule has 2 heterocycles. The van der Waals surface area contributed by atoms with Gasteiger partial charge in [0.1, 0.15) is 0 Å². The van der Waals surface area contributed by atoms with Crippen molar-refractivity contribution in [2.45, 2.75) is 25.8 Å². The van der Waals surface area contributed by atoms with Crippen molar-refractivity contribution in [3.05, 3.63) is 66.1 Å². The van der Waals surface area contributed by atoms with Crippen LogP contribution in [0.25, 0.3) is 11.5 Å². The summed E-state index contributed by atoms with van der Waals surface area (Å²) < 4.78 is 5.70. The van der Waals surface area contributed by atoms with Crippen LogP contribution in [0.3, 0.4) is 0 Å². The fourth-order valence-corrected chi connectivity index (χ4v) is 3.48. The van der Waals surface area contributed by atoms with E-state index in [9.17, 15) is 4.79 Å². The van der Waals surface area contributed by atoms with Crippen molar-refractivity contribution >= 4 is 11.6 Å². The van der Waals surface area contributed by atoms with Crippen molar-refractivity contribution in [3.8, 4) is 11.5 Å². The molecule has 6 heteroatoms. The molecule has 0 atom stereocenters. The van der Waals surface area contributed by atoms with E-state index in [1.165, 1.54) is 24.9 Å². The summed E-state index contributed by atoms with van der Waals surface area (Å²) in [5.74, 6) is 0.812. The third kappa shape index (κ3) is 4.06. The van der Waals surface area contributed by atoms with Crippen LogP contribution in [0.5, 0.6) is 0 Å². The van der Waals surface area contributed by atoms with E-state index in [0.29, 0.717) is 17.3 Å². The van der Waals surface area contributed by atoms with Crippen LogP contribution in [0, 0.1) is 0 Å². The first kappa shape index (κ1) is 18.2. The lowest BCUT2D eigenvalue weighted by Crippen LogP contribution is -2.29. The van der Waals surface area contributed by atoms with Crippen LogP contribution in [-0.4, -0.2) is 41.1 Å². The van der Waals surface area contributed by atoms with Crippen LogP contribution in [-0.2, 0) is 6.54 Å². The summed E-state index contributed by atoms with van der Waals surface area (Å²) in [7, 11) is 1.74. The average molecular weight is 376 g/mol. The third-order valence-corrected chi connectivity index (χ3v) is 5.04. The number of hydrogen-bond donors (Lipinski definition) is 0. The van der Waals surface area contributed by atoms with Crippen molar-refractivity contribution in [2.75, 3.05) is 25.0 Å². The molecule has 0 unspecified atom stereocenters. The van der Waals surface area contributed by atoms with Gasteiger partial charge in [-0.25, -0.2) is 0 Å². The van der Waals surface area contributed by atoms with Gasteiger partial charge in [-0.05, 0) is 55.7 Å². The van der Waals surface area contributed by atoms with Gasteiger partial charge in [0.15, 0.2) is 0 Å². The summed E-state index contributed by atoms with van der Waals surface area (Å²) >= 11 is 0. The second kappa shape index (κ2) is 8.25. The van der Waals surface area contributed by atoms with Gasteiger partial charge < -0.3 is 14.2 Å². The lowest BCUT2D eigenvalue weighted by atomic mass is 10.1. The van der Waals surface area contributed by atoms with Crippen molar-refractivity contribution < 1.29 is 9.21 Å². The van der Waals surface area contributed by atoms with Gasteiger partial charge in [0.25, 0.3) is 5.91 Å². The zero-order valence-electron chi connectivity index (χ0n) is 16.0. The van der Waals surface area contributed by atoms with Gasteiger partial charge in [0.05, 0.1) is 6.54 Å². The van der Waals surface area contributed by atoms with E-state index < -0.39 is 0 Å². The normalized spacial score (nSPS) is 14.1. The molecule has 1 amide bonds. The first-order valence-electron chi connectivity index (χ1n) is 9.69. The topological polar surface area (TPSA) is 62.5 Å². The largest absolute Gasteiger partial charge is 0.419 e. The van der Waals surface area contributed by atoms with Gasteiger partial charge in [0.2, 0.25) is 11.8 Å². The molecule has 3 aromatic rings. The fourth-order valence-electron chi connectivity index (χ4n) is 3.48. The SMILES string of the molecule is CN(Cc1nnc(-c2ccccc2)o1)C(=O)c1ccc(N2CCCCC2)cc1. The van der Waals surface area contributed by atoms with Crippen molar-refractivity contribution in [2.24, 2.45) is 0 Å². The van der Waals surface area contributed by atoms with E-state index in [1.807, 2.05) is 54.6 Å². The second-order valence-electron chi connectivity index (χ2n) is 7.12. The Morgan fingerprint density at radius 2 is 1.71 bits per heavy atom. The number of aromatic nitrogens is 2. The Bertz CT molecular complexity index is 915. The highest BCUT2D eigenvalue weighted by Gasteiger charge is 2.17. The standard InChI is InChI=1S/C22H24N4O2/c1-25(16-20-23-24-21(28-20)17-8-4-2-5-9-17)22(27)18-10-12-19(13-11-18)26-14-6-3-7-15-26/h2,4-5,8-13H,3,6-7,14-16H2,1H3. The Labute approximate surface area is 164 Å². The first-order valence-corrected chi connectivity index (χ1v) is 9.69. The first-order chi connectivity index (χ1) is 13.7. The highest BCUT2D eigenvalue weighted by molar-refractivity contribution is 5.94. The number of hydrogen-bond acceptors (Lipinski definition) is 5. The lowest BCUT2D eigenvalue weighted by molar-refractivity contribution is 0.0773. The highest BCUT2D eigenvalue weighted by Crippen LogP contribution is 2.21. The molecule has 1 aromatic heterocycles. The highest BCUT2D eigenvalue weighted by atomic mass is 16.4. The zero-order chi connectivity index (χ0) is 19.3. The van der Waals surface area contributed by atoms with Gasteiger partial charge in [-0.2, -0.15) is 0 Å². The maximum atomic E-state index is 12.7. The molecule has 1 aliphatic rings. The van der Waals surface area contributed by atoms with Gasteiger partial charge in [-0.15, -0.1) is 10.2 Å². The Morgan fingerprint density at radius 1 is 1.00 bits per heavy atom. The molecule has 0 spiro atoms. The van der Waals surface area contributed by atoms with E-state index >= 15 is 0 Å². The minimum absolute atomic E-state index is 0.0651. The van der Waals surface area contributed by atoms with Crippen LogP contribution in [0.1, 0.15) is 35.5 Å². The molecule has 2 aromatic carbocycles. The zero-order valence-corrected chi connectivity index (χ0v) is 16.0. The summed E-state index contributed by atoms with van der Waals surface area (Å²) in [6, 6.07) is 17.5. The molecule has 1 aliphatic heterocycles. The van der Waals surface area contributed by atoms with E-state index in [4.69, 9.17) is 4.42 Å². The van der Waals surface area contributed by atoms with Crippen LogP contribution >= 0.6 is 0 Å². The number of rotatable bonds is 5. The summed E-state index contributed by atoms with van der Waals surface area (Å²) in [4.78, 5) is 16.7. The number of nitrogens with zero attached hydrogens (tertiary/aromatic N) is 4. The number of amides is 1. The summed E-state index contributed by atoms with van der Waals surface area (Å²) in [6.07, 6.45) is 3.77. The van der Waals surface area contributed by atoms with Gasteiger partial charge in [0, 0.05) is 37.0 Å². The molecule has 4 rings (SSSR count). The van der Waals surface area contributed by atoms with Gasteiger partial charge in [-0.1, -0.05) is 18.2 Å². The lowest BCUT2D eigenvalue weighted by Gasteiger charge is -2.29. The molecule has 0 radical (unpaired) electrons. The molecule has 0 aliphatic carbocycles. The predicted molar refractivity (Wildman–Crippen MR) is 108 cm³/mol. The molecule has 0 N–H and O–H groups in total. The monoisotopic (exact) mass is 376 g/mol. The Kier molecular flexibility index (Phi) is 5.37. The van der Waals surface area contributed by atoms with Crippen molar-refractivity contribution in [3.63, 3.8) is 0 Å². The second-order valence-corrected chi connectivity index (χ2v) is 7.12. The van der Waals surface area contributed by atoms with E-state index in [2.05, 4.69) is 15.1 Å². The van der Waals surface area contributed by atoms with Crippen molar-refractivity contribution in [1.82, 2.24) is 15.1 Å². The maximum Gasteiger partial charge on any atom is 0.254 e. The third-order valence-electron chi connectivity index (χ3n) is 5.04. The van der Waals surface area contributed by atoms with Crippen LogP contribution < -0.4 is 4.90 Å². The Morgan fingerprint density at radius 3 is 2.43 bits per heavy atom. The maximum absolute atomic E-state index is 12.7. The summed E-state index contributed by atoms with van der Waals surface area (Å²) in [5, 5.41) is 8.14. The van der Waals surface area contributed by atoms with E-state index in [0.717, 1.165) is 18.7 Å². The predicted octanol–water partition coefficient (Wildman–Crippen LogP) is 4.00. The van der Waals surface area contributed by atoms with Gasteiger partial charge in [-0.3, -0.25) is 4.79 Å². The van der Waals surface area contributed by atoms with Crippen LogP contribution in [0.4, 0.5) is 5.69 Å². The fraction of sp³-hybridized carbons (Fsp3) is 0.318. The van der Waals surface area contributed by atoms with Crippen LogP contribution in [0.2, 0.25) is 0 Å². The average Bonchev–Trinajstić information content (AvgIpc) is 3.23. The molecule has 0 saturated carbocycles. The summed E-state index contributed by atoms with van der Waals surface area (Å²) in [5.41, 5.74) is 2.71. The molecule has 6 nitrogen and oxygen atoms in total. The molecule has 1 fully saturated rings. The minimum Gasteiger partial charge on any atom is -0.419 e. The van der Waals surface area contributed by atoms with Crippen molar-refractivity contribution in [1.29, 1.82) is 0 Å². The van der Waals surface area contributed by atoms with Gasteiger partial charge >= 0.3 is 0 Å². The smallest absolute Gasteiger partial charge is 0.254 e. The molecule has 28 heavy (non-hydrogen) atoms. The molecular formula is C22H24N4O2. The summed E-state index contributed by atoms with van der Waals surface area (Å²) in [6.45, 7) is 2.45. The van der Waals surface area contributed by atoms with E-state index in [-0.39, 0.29) is 12.5 Å². The Balaban J connectivity index is 1.40. The molecule has 144 valence electrons. The number of carbonyl (C=O) groups is 1. The van der Waals surface area contributed by atoms with Crippen LogP contribution in [0.15, 0.2) is 59.0 Å². The number of carbonyl (C=O) groups excluding carboxylic acids is 1. The quantitative estimate of drug-likeness (QED) is 0.673. The molecule has 0 bridgehead atoms. The number of anilines is 1. The molecule has 1 saturated heterocycles. The number of piperidine rings is 1. The van der Waals surface area contributed by atoms with E-state index in [1.54, 1.807) is 11.9 Å².